The van der Waals surface area contributed by atoms with Crippen molar-refractivity contribution in [3.63, 3.8) is 0 Å². The predicted octanol–water partition coefficient (Wildman–Crippen LogP) is 0.529. The number of aliphatic imine (C=N–C) groups is 1. The smallest absolute Gasteiger partial charge is 0.191 e. The Morgan fingerprint density at radius 2 is 1.94 bits per heavy atom. The molecule has 0 atom stereocenters. The van der Waals surface area contributed by atoms with Crippen LogP contribution >= 0.6 is 0 Å². The molecule has 2 N–H and O–H groups in total. The van der Waals surface area contributed by atoms with Crippen LogP contribution < -0.4 is 10.6 Å². The van der Waals surface area contributed by atoms with Gasteiger partial charge in [-0.1, -0.05) is 19.3 Å². The van der Waals surface area contributed by atoms with Crippen molar-refractivity contribution >= 4 is 15.8 Å². The quantitative estimate of drug-likeness (QED) is 0.572. The first-order chi connectivity index (χ1) is 8.01. The minimum atomic E-state index is -2.91. The molecule has 0 aromatic rings. The summed E-state index contributed by atoms with van der Waals surface area (Å²) in [5.74, 6) is 0.846. The molecule has 0 saturated heterocycles. The molecule has 1 rings (SSSR count). The maximum absolute atomic E-state index is 11.0. The number of rotatable bonds is 4. The van der Waals surface area contributed by atoms with Crippen molar-refractivity contribution in [2.75, 3.05) is 25.6 Å². The molecule has 0 aliphatic heterocycles. The van der Waals surface area contributed by atoms with Crippen LogP contribution in [0, 0.1) is 0 Å². The van der Waals surface area contributed by atoms with Crippen molar-refractivity contribution in [2.24, 2.45) is 4.99 Å². The van der Waals surface area contributed by atoms with E-state index in [1.54, 1.807) is 7.05 Å². The Balaban J connectivity index is 2.28. The van der Waals surface area contributed by atoms with Crippen molar-refractivity contribution in [2.45, 2.75) is 38.1 Å². The second kappa shape index (κ2) is 6.83. The fraction of sp³-hybridized carbons (Fsp3) is 0.909. The summed E-state index contributed by atoms with van der Waals surface area (Å²) in [7, 11) is -1.20. The third-order valence-corrected chi connectivity index (χ3v) is 3.88. The Morgan fingerprint density at radius 3 is 2.47 bits per heavy atom. The zero-order valence-corrected chi connectivity index (χ0v) is 11.5. The van der Waals surface area contributed by atoms with Gasteiger partial charge in [-0.05, 0) is 12.8 Å². The zero-order valence-electron chi connectivity index (χ0n) is 10.7. The Hall–Kier alpha value is -0.780. The van der Waals surface area contributed by atoms with Gasteiger partial charge in [0.2, 0.25) is 0 Å². The van der Waals surface area contributed by atoms with E-state index in [0.29, 0.717) is 18.5 Å². The van der Waals surface area contributed by atoms with Gasteiger partial charge in [0.15, 0.2) is 5.96 Å². The molecule has 1 saturated carbocycles. The molecule has 6 heteroatoms. The molecule has 5 nitrogen and oxygen atoms in total. The maximum atomic E-state index is 11.0. The molecule has 0 bridgehead atoms. The van der Waals surface area contributed by atoms with Gasteiger partial charge in [0.1, 0.15) is 9.84 Å². The van der Waals surface area contributed by atoms with Crippen LogP contribution in [0.15, 0.2) is 4.99 Å². The lowest BCUT2D eigenvalue weighted by Gasteiger charge is -2.24. The summed E-state index contributed by atoms with van der Waals surface area (Å²) in [6.45, 7) is 0.408. The first kappa shape index (κ1) is 14.3. The Bertz CT molecular complexity index is 346. The molecule has 0 aromatic heterocycles. The summed E-state index contributed by atoms with van der Waals surface area (Å²) in [6, 6.07) is 0.480. The number of hydrogen-bond acceptors (Lipinski definition) is 3. The fourth-order valence-corrected chi connectivity index (χ4v) is 2.46. The second-order valence-corrected chi connectivity index (χ2v) is 6.87. The van der Waals surface area contributed by atoms with Gasteiger partial charge in [-0.2, -0.15) is 0 Å². The van der Waals surface area contributed by atoms with Crippen LogP contribution in [0.3, 0.4) is 0 Å². The molecule has 1 fully saturated rings. The summed E-state index contributed by atoms with van der Waals surface area (Å²) in [5, 5.41) is 6.37. The van der Waals surface area contributed by atoms with Gasteiger partial charge in [-0.25, -0.2) is 8.42 Å². The van der Waals surface area contributed by atoms with E-state index in [4.69, 9.17) is 0 Å². The molecule has 0 amide bonds. The van der Waals surface area contributed by atoms with E-state index in [2.05, 4.69) is 15.6 Å². The number of hydrogen-bond donors (Lipinski definition) is 2. The van der Waals surface area contributed by atoms with E-state index in [9.17, 15) is 8.42 Å². The lowest BCUT2D eigenvalue weighted by atomic mass is 9.96. The zero-order chi connectivity index (χ0) is 12.7. The molecule has 17 heavy (non-hydrogen) atoms. The molecular formula is C11H23N3O2S. The second-order valence-electron chi connectivity index (χ2n) is 4.61. The van der Waals surface area contributed by atoms with Crippen LogP contribution in [-0.2, 0) is 9.84 Å². The van der Waals surface area contributed by atoms with Gasteiger partial charge < -0.3 is 10.6 Å². The highest BCUT2D eigenvalue weighted by Crippen LogP contribution is 2.17. The largest absolute Gasteiger partial charge is 0.355 e. The van der Waals surface area contributed by atoms with Crippen LogP contribution in [0.2, 0.25) is 0 Å². The van der Waals surface area contributed by atoms with E-state index in [1.165, 1.54) is 38.4 Å². The highest BCUT2D eigenvalue weighted by Gasteiger charge is 2.14. The molecular weight excluding hydrogens is 238 g/mol. The average molecular weight is 261 g/mol. The molecule has 1 aliphatic carbocycles. The highest BCUT2D eigenvalue weighted by atomic mass is 32.2. The van der Waals surface area contributed by atoms with Crippen LogP contribution in [0.4, 0.5) is 0 Å². The average Bonchev–Trinajstić information content (AvgIpc) is 2.27. The van der Waals surface area contributed by atoms with E-state index < -0.39 is 9.84 Å². The van der Waals surface area contributed by atoms with Crippen LogP contribution in [-0.4, -0.2) is 46.0 Å². The van der Waals surface area contributed by atoms with Gasteiger partial charge in [-0.3, -0.25) is 4.99 Å². The molecule has 0 heterocycles. The summed E-state index contributed by atoms with van der Waals surface area (Å²) in [6.07, 6.45) is 7.43. The Morgan fingerprint density at radius 1 is 1.29 bits per heavy atom. The maximum Gasteiger partial charge on any atom is 0.191 e. The summed E-state index contributed by atoms with van der Waals surface area (Å²) in [4.78, 5) is 4.10. The van der Waals surface area contributed by atoms with E-state index >= 15 is 0 Å². The van der Waals surface area contributed by atoms with E-state index in [0.717, 1.165) is 0 Å². The molecule has 0 unspecified atom stereocenters. The highest BCUT2D eigenvalue weighted by molar-refractivity contribution is 7.90. The monoisotopic (exact) mass is 261 g/mol. The van der Waals surface area contributed by atoms with E-state index in [1.807, 2.05) is 0 Å². The van der Waals surface area contributed by atoms with Crippen molar-refractivity contribution in [1.82, 2.24) is 10.6 Å². The topological polar surface area (TPSA) is 70.6 Å². The first-order valence-electron chi connectivity index (χ1n) is 6.16. The summed E-state index contributed by atoms with van der Waals surface area (Å²) < 4.78 is 22.0. The van der Waals surface area contributed by atoms with Crippen molar-refractivity contribution in [1.29, 1.82) is 0 Å². The number of sulfone groups is 1. The summed E-state index contributed by atoms with van der Waals surface area (Å²) in [5.41, 5.74) is 0. The lowest BCUT2D eigenvalue weighted by Crippen LogP contribution is -2.45. The van der Waals surface area contributed by atoms with Crippen molar-refractivity contribution in [3.8, 4) is 0 Å². The predicted molar refractivity (Wildman–Crippen MR) is 71.1 cm³/mol. The van der Waals surface area contributed by atoms with Crippen molar-refractivity contribution < 1.29 is 8.42 Å². The van der Waals surface area contributed by atoms with E-state index in [-0.39, 0.29) is 5.75 Å². The van der Waals surface area contributed by atoms with Gasteiger partial charge >= 0.3 is 0 Å². The molecule has 0 spiro atoms. The molecule has 1 aliphatic rings. The standard InChI is InChI=1S/C11H23N3O2S/c1-12-11(13-8-9-17(2,15)16)14-10-6-4-3-5-7-10/h10H,3-9H2,1-2H3,(H2,12,13,14). The minimum Gasteiger partial charge on any atom is -0.355 e. The normalized spacial score (nSPS) is 19.1. The van der Waals surface area contributed by atoms with Crippen LogP contribution in [0.1, 0.15) is 32.1 Å². The van der Waals surface area contributed by atoms with Crippen LogP contribution in [0.25, 0.3) is 0 Å². The molecule has 100 valence electrons. The van der Waals surface area contributed by atoms with Crippen LogP contribution in [0.5, 0.6) is 0 Å². The third kappa shape index (κ3) is 6.51. The SMILES string of the molecule is CN=C(NCCS(C)(=O)=O)NC1CCCCC1. The minimum absolute atomic E-state index is 0.137. The van der Waals surface area contributed by atoms with Gasteiger partial charge in [0.25, 0.3) is 0 Å². The molecule has 0 aromatic carbocycles. The lowest BCUT2D eigenvalue weighted by molar-refractivity contribution is 0.410. The van der Waals surface area contributed by atoms with Gasteiger partial charge in [0, 0.05) is 25.9 Å². The number of nitrogens with zero attached hydrogens (tertiary/aromatic N) is 1. The van der Waals surface area contributed by atoms with Gasteiger partial charge in [-0.15, -0.1) is 0 Å². The number of guanidine groups is 1. The van der Waals surface area contributed by atoms with Gasteiger partial charge in [0.05, 0.1) is 5.75 Å². The third-order valence-electron chi connectivity index (χ3n) is 2.93. The summed E-state index contributed by atoms with van der Waals surface area (Å²) >= 11 is 0. The Labute approximate surface area is 104 Å². The first-order valence-corrected chi connectivity index (χ1v) is 8.22. The molecule has 0 radical (unpaired) electrons. The van der Waals surface area contributed by atoms with Crippen molar-refractivity contribution in [3.05, 3.63) is 0 Å². The number of nitrogens with one attached hydrogen (secondary N) is 2. The Kier molecular flexibility index (Phi) is 5.74. The fourth-order valence-electron chi connectivity index (χ4n) is 1.99.